The summed E-state index contributed by atoms with van der Waals surface area (Å²) < 4.78 is 0. The monoisotopic (exact) mass is 235 g/mol. The average molecular weight is 236 g/mol. The first-order valence-corrected chi connectivity index (χ1v) is 5.85. The second-order valence-corrected chi connectivity index (χ2v) is 4.02. The summed E-state index contributed by atoms with van der Waals surface area (Å²) >= 11 is 5.99. The maximum atomic E-state index is 5.99. The number of nitrogens with zero attached hydrogens (tertiary/aromatic N) is 2. The zero-order valence-electron chi connectivity index (χ0n) is 9.20. The summed E-state index contributed by atoms with van der Waals surface area (Å²) in [6, 6.07) is 7.89. The number of benzene rings is 1. The summed E-state index contributed by atoms with van der Waals surface area (Å²) in [6.07, 6.45) is 2.28. The molecule has 0 aliphatic rings. The zero-order valence-corrected chi connectivity index (χ0v) is 9.96. The van der Waals surface area contributed by atoms with E-state index in [2.05, 4.69) is 22.4 Å². The van der Waals surface area contributed by atoms with Crippen LogP contribution in [0, 0.1) is 0 Å². The van der Waals surface area contributed by atoms with Crippen LogP contribution in [0.5, 0.6) is 0 Å². The van der Waals surface area contributed by atoms with Crippen LogP contribution in [0.15, 0.2) is 24.3 Å². The van der Waals surface area contributed by atoms with Gasteiger partial charge in [0.05, 0.1) is 0 Å². The Kier molecular flexibility index (Phi) is 3.57. The van der Waals surface area contributed by atoms with Crippen molar-refractivity contribution in [1.29, 1.82) is 0 Å². The molecule has 1 aromatic heterocycles. The molecule has 3 nitrogen and oxygen atoms in total. The molecule has 0 atom stereocenters. The van der Waals surface area contributed by atoms with Gasteiger partial charge in [0, 0.05) is 17.3 Å². The largest absolute Gasteiger partial charge is 0.368 e. The van der Waals surface area contributed by atoms with Crippen molar-refractivity contribution in [3.8, 4) is 0 Å². The van der Waals surface area contributed by atoms with Gasteiger partial charge < -0.3 is 5.32 Å². The molecule has 1 N–H and O–H groups in total. The molecular weight excluding hydrogens is 222 g/mol. The molecule has 0 spiro atoms. The molecule has 4 heteroatoms. The minimum atomic E-state index is 0.455. The highest BCUT2D eigenvalue weighted by Gasteiger charge is 2.05. The van der Waals surface area contributed by atoms with Crippen LogP contribution in [-0.2, 0) is 0 Å². The SMILES string of the molecule is CCCCNc1nnc(Cl)c2ccccc12. The molecule has 0 aliphatic heterocycles. The maximum Gasteiger partial charge on any atom is 0.159 e. The van der Waals surface area contributed by atoms with Crippen molar-refractivity contribution in [3.63, 3.8) is 0 Å². The van der Waals surface area contributed by atoms with E-state index in [9.17, 15) is 0 Å². The number of anilines is 1. The first-order valence-electron chi connectivity index (χ1n) is 5.47. The Morgan fingerprint density at radius 3 is 2.69 bits per heavy atom. The standard InChI is InChI=1S/C12H14ClN3/c1-2-3-8-14-12-10-7-5-4-6-9(10)11(13)15-16-12/h4-7H,2-3,8H2,1H3,(H,14,16). The molecule has 0 bridgehead atoms. The molecule has 0 saturated carbocycles. The lowest BCUT2D eigenvalue weighted by molar-refractivity contribution is 0.828. The minimum Gasteiger partial charge on any atom is -0.368 e. The highest BCUT2D eigenvalue weighted by atomic mass is 35.5. The fourth-order valence-corrected chi connectivity index (χ4v) is 1.79. The number of unbranched alkanes of at least 4 members (excludes halogenated alkanes) is 1. The van der Waals surface area contributed by atoms with Gasteiger partial charge in [0.25, 0.3) is 0 Å². The molecule has 0 saturated heterocycles. The Labute approximate surface area is 99.8 Å². The van der Waals surface area contributed by atoms with E-state index in [1.54, 1.807) is 0 Å². The highest BCUT2D eigenvalue weighted by Crippen LogP contribution is 2.25. The second kappa shape index (κ2) is 5.12. The summed E-state index contributed by atoms with van der Waals surface area (Å²) in [5.41, 5.74) is 0. The number of nitrogens with one attached hydrogen (secondary N) is 1. The van der Waals surface area contributed by atoms with E-state index in [1.165, 1.54) is 0 Å². The first-order chi connectivity index (χ1) is 7.83. The molecule has 16 heavy (non-hydrogen) atoms. The normalized spacial score (nSPS) is 10.6. The molecule has 0 amide bonds. The Bertz CT molecular complexity index is 485. The number of hydrogen-bond donors (Lipinski definition) is 1. The van der Waals surface area contributed by atoms with E-state index in [0.29, 0.717) is 5.15 Å². The molecule has 1 aromatic carbocycles. The average Bonchev–Trinajstić information content (AvgIpc) is 2.33. The molecule has 1 heterocycles. The van der Waals surface area contributed by atoms with Crippen molar-refractivity contribution in [2.45, 2.75) is 19.8 Å². The van der Waals surface area contributed by atoms with E-state index in [1.807, 2.05) is 24.3 Å². The number of fused-ring (bicyclic) bond motifs is 1. The molecule has 0 fully saturated rings. The maximum absolute atomic E-state index is 5.99. The minimum absolute atomic E-state index is 0.455. The number of rotatable bonds is 4. The van der Waals surface area contributed by atoms with E-state index in [4.69, 9.17) is 11.6 Å². The van der Waals surface area contributed by atoms with Crippen LogP contribution in [0.4, 0.5) is 5.82 Å². The lowest BCUT2D eigenvalue weighted by atomic mass is 10.2. The van der Waals surface area contributed by atoms with Crippen LogP contribution in [0.2, 0.25) is 5.15 Å². The van der Waals surface area contributed by atoms with Gasteiger partial charge in [-0.25, -0.2) is 0 Å². The Hall–Kier alpha value is -1.35. The number of halogens is 1. The summed E-state index contributed by atoms with van der Waals surface area (Å²) in [7, 11) is 0. The van der Waals surface area contributed by atoms with Gasteiger partial charge >= 0.3 is 0 Å². The zero-order chi connectivity index (χ0) is 11.4. The third-order valence-corrected chi connectivity index (χ3v) is 2.74. The summed E-state index contributed by atoms with van der Waals surface area (Å²) in [6.45, 7) is 3.07. The van der Waals surface area contributed by atoms with Gasteiger partial charge in [-0.05, 0) is 6.42 Å². The lowest BCUT2D eigenvalue weighted by Crippen LogP contribution is -2.04. The summed E-state index contributed by atoms with van der Waals surface area (Å²) in [4.78, 5) is 0. The van der Waals surface area contributed by atoms with Crippen LogP contribution in [0.1, 0.15) is 19.8 Å². The fourth-order valence-electron chi connectivity index (χ4n) is 1.59. The molecule has 0 radical (unpaired) electrons. The second-order valence-electron chi connectivity index (χ2n) is 3.67. The smallest absolute Gasteiger partial charge is 0.159 e. The summed E-state index contributed by atoms with van der Waals surface area (Å²) in [5.74, 6) is 0.813. The van der Waals surface area contributed by atoms with Crippen molar-refractivity contribution in [1.82, 2.24) is 10.2 Å². The van der Waals surface area contributed by atoms with Crippen molar-refractivity contribution < 1.29 is 0 Å². The van der Waals surface area contributed by atoms with Gasteiger partial charge in [0.2, 0.25) is 0 Å². The topological polar surface area (TPSA) is 37.8 Å². The number of hydrogen-bond acceptors (Lipinski definition) is 3. The Balaban J connectivity index is 2.35. The number of aromatic nitrogens is 2. The predicted octanol–water partition coefficient (Wildman–Crippen LogP) is 3.50. The lowest BCUT2D eigenvalue weighted by Gasteiger charge is -2.07. The van der Waals surface area contributed by atoms with E-state index in [0.717, 1.165) is 36.0 Å². The highest BCUT2D eigenvalue weighted by molar-refractivity contribution is 6.34. The van der Waals surface area contributed by atoms with E-state index >= 15 is 0 Å². The van der Waals surface area contributed by atoms with Gasteiger partial charge in [-0.3, -0.25) is 0 Å². The molecule has 0 unspecified atom stereocenters. The van der Waals surface area contributed by atoms with Gasteiger partial charge in [0.15, 0.2) is 11.0 Å². The van der Waals surface area contributed by atoms with Crippen molar-refractivity contribution in [2.24, 2.45) is 0 Å². The van der Waals surface area contributed by atoms with Gasteiger partial charge in [-0.1, -0.05) is 49.2 Å². The third kappa shape index (κ3) is 2.25. The predicted molar refractivity (Wildman–Crippen MR) is 67.9 cm³/mol. The molecular formula is C12H14ClN3. The van der Waals surface area contributed by atoms with Gasteiger partial charge in [0.1, 0.15) is 0 Å². The summed E-state index contributed by atoms with van der Waals surface area (Å²) in [5, 5.41) is 13.7. The van der Waals surface area contributed by atoms with Gasteiger partial charge in [-0.2, -0.15) is 0 Å². The van der Waals surface area contributed by atoms with Crippen molar-refractivity contribution >= 4 is 28.2 Å². The van der Waals surface area contributed by atoms with Gasteiger partial charge in [-0.15, -0.1) is 10.2 Å². The first kappa shape index (κ1) is 11.1. The van der Waals surface area contributed by atoms with Crippen molar-refractivity contribution in [3.05, 3.63) is 29.4 Å². The van der Waals surface area contributed by atoms with Crippen LogP contribution >= 0.6 is 11.6 Å². The third-order valence-electron chi connectivity index (χ3n) is 2.47. The van der Waals surface area contributed by atoms with Crippen LogP contribution in [-0.4, -0.2) is 16.7 Å². The van der Waals surface area contributed by atoms with Crippen LogP contribution in [0.25, 0.3) is 10.8 Å². The fraction of sp³-hybridized carbons (Fsp3) is 0.333. The van der Waals surface area contributed by atoms with Crippen LogP contribution < -0.4 is 5.32 Å². The molecule has 2 aromatic rings. The van der Waals surface area contributed by atoms with E-state index < -0.39 is 0 Å². The quantitative estimate of drug-likeness (QED) is 0.825. The Morgan fingerprint density at radius 1 is 1.19 bits per heavy atom. The molecule has 84 valence electrons. The van der Waals surface area contributed by atoms with E-state index in [-0.39, 0.29) is 0 Å². The Morgan fingerprint density at radius 2 is 1.94 bits per heavy atom. The molecule has 2 rings (SSSR count). The molecule has 0 aliphatic carbocycles. The van der Waals surface area contributed by atoms with Crippen molar-refractivity contribution in [2.75, 3.05) is 11.9 Å². The van der Waals surface area contributed by atoms with Crippen LogP contribution in [0.3, 0.4) is 0 Å².